The standard InChI is InChI=1S/C13H12N4O/c14-10-3-6-13-15-12(16-17(13)8-10)7-9-1-4-11(18)5-2-9/h1-6,8,18H,7,14H2. The molecule has 0 aliphatic rings. The summed E-state index contributed by atoms with van der Waals surface area (Å²) in [4.78, 5) is 4.41. The Kier molecular flexibility index (Phi) is 2.37. The maximum atomic E-state index is 9.22. The Morgan fingerprint density at radius 3 is 2.67 bits per heavy atom. The fourth-order valence-electron chi connectivity index (χ4n) is 1.82. The molecule has 3 rings (SSSR count). The Labute approximate surface area is 104 Å². The van der Waals surface area contributed by atoms with Crippen molar-refractivity contribution in [2.45, 2.75) is 6.42 Å². The second-order valence-electron chi connectivity index (χ2n) is 4.14. The van der Waals surface area contributed by atoms with Gasteiger partial charge in [-0.15, -0.1) is 0 Å². The number of fused-ring (bicyclic) bond motifs is 1. The summed E-state index contributed by atoms with van der Waals surface area (Å²) in [6, 6.07) is 10.7. The molecule has 0 aliphatic carbocycles. The molecule has 0 radical (unpaired) electrons. The number of nitrogens with zero attached hydrogens (tertiary/aromatic N) is 3. The highest BCUT2D eigenvalue weighted by atomic mass is 16.3. The van der Waals surface area contributed by atoms with Crippen molar-refractivity contribution in [3.63, 3.8) is 0 Å². The minimum atomic E-state index is 0.259. The van der Waals surface area contributed by atoms with Gasteiger partial charge >= 0.3 is 0 Å². The van der Waals surface area contributed by atoms with Crippen LogP contribution in [0, 0.1) is 0 Å². The Morgan fingerprint density at radius 2 is 1.89 bits per heavy atom. The molecule has 0 bridgehead atoms. The zero-order valence-electron chi connectivity index (χ0n) is 9.61. The monoisotopic (exact) mass is 240 g/mol. The van der Waals surface area contributed by atoms with Crippen molar-refractivity contribution < 1.29 is 5.11 Å². The number of hydrogen-bond acceptors (Lipinski definition) is 4. The Bertz CT molecular complexity index is 688. The fourth-order valence-corrected chi connectivity index (χ4v) is 1.82. The number of pyridine rings is 1. The highest BCUT2D eigenvalue weighted by Crippen LogP contribution is 2.13. The molecule has 2 aromatic heterocycles. The van der Waals surface area contributed by atoms with Crippen LogP contribution in [0.3, 0.4) is 0 Å². The van der Waals surface area contributed by atoms with Crippen LogP contribution in [0.1, 0.15) is 11.4 Å². The maximum Gasteiger partial charge on any atom is 0.156 e. The van der Waals surface area contributed by atoms with E-state index >= 15 is 0 Å². The molecule has 0 saturated carbocycles. The van der Waals surface area contributed by atoms with Gasteiger partial charge in [0.25, 0.3) is 0 Å². The molecule has 0 aliphatic heterocycles. The van der Waals surface area contributed by atoms with Crippen molar-refractivity contribution in [3.8, 4) is 5.75 Å². The van der Waals surface area contributed by atoms with E-state index in [-0.39, 0.29) is 5.75 Å². The zero-order valence-corrected chi connectivity index (χ0v) is 9.61. The lowest BCUT2D eigenvalue weighted by Crippen LogP contribution is -1.93. The van der Waals surface area contributed by atoms with E-state index in [1.54, 1.807) is 28.9 Å². The second kappa shape index (κ2) is 4.03. The molecule has 3 aromatic rings. The number of benzene rings is 1. The van der Waals surface area contributed by atoms with Crippen molar-refractivity contribution >= 4 is 11.3 Å². The molecule has 2 heterocycles. The van der Waals surface area contributed by atoms with Crippen LogP contribution in [0.4, 0.5) is 5.69 Å². The van der Waals surface area contributed by atoms with Crippen molar-refractivity contribution in [1.29, 1.82) is 0 Å². The smallest absolute Gasteiger partial charge is 0.156 e. The molecule has 0 atom stereocenters. The van der Waals surface area contributed by atoms with Gasteiger partial charge in [0.2, 0.25) is 0 Å². The van der Waals surface area contributed by atoms with Crippen LogP contribution in [0.2, 0.25) is 0 Å². The van der Waals surface area contributed by atoms with Gasteiger partial charge in [0, 0.05) is 6.42 Å². The summed E-state index contributed by atoms with van der Waals surface area (Å²) in [5, 5.41) is 13.6. The predicted molar refractivity (Wildman–Crippen MR) is 68.3 cm³/mol. The van der Waals surface area contributed by atoms with E-state index in [1.165, 1.54) is 0 Å². The first-order valence-electron chi connectivity index (χ1n) is 5.59. The average Bonchev–Trinajstić information content (AvgIpc) is 2.73. The zero-order chi connectivity index (χ0) is 12.5. The van der Waals surface area contributed by atoms with Crippen LogP contribution < -0.4 is 5.73 Å². The molecule has 0 fully saturated rings. The quantitative estimate of drug-likeness (QED) is 0.713. The number of hydrogen-bond donors (Lipinski definition) is 2. The number of aromatic hydroxyl groups is 1. The lowest BCUT2D eigenvalue weighted by Gasteiger charge is -1.96. The SMILES string of the molecule is Nc1ccc2nc(Cc3ccc(O)cc3)nn2c1. The number of rotatable bonds is 2. The van der Waals surface area contributed by atoms with E-state index in [4.69, 9.17) is 5.73 Å². The van der Waals surface area contributed by atoms with Gasteiger partial charge in [-0.1, -0.05) is 12.1 Å². The van der Waals surface area contributed by atoms with Gasteiger partial charge < -0.3 is 10.8 Å². The van der Waals surface area contributed by atoms with Crippen molar-refractivity contribution in [3.05, 3.63) is 54.0 Å². The van der Waals surface area contributed by atoms with Crippen molar-refractivity contribution in [2.75, 3.05) is 5.73 Å². The minimum Gasteiger partial charge on any atom is -0.508 e. The van der Waals surface area contributed by atoms with Crippen LogP contribution >= 0.6 is 0 Å². The summed E-state index contributed by atoms with van der Waals surface area (Å²) >= 11 is 0. The van der Waals surface area contributed by atoms with Gasteiger partial charge in [0.1, 0.15) is 5.75 Å². The third-order valence-electron chi connectivity index (χ3n) is 2.70. The number of phenolic OH excluding ortho intramolecular Hbond substituents is 1. The molecular weight excluding hydrogens is 228 g/mol. The fraction of sp³-hybridized carbons (Fsp3) is 0.0769. The second-order valence-corrected chi connectivity index (χ2v) is 4.14. The highest BCUT2D eigenvalue weighted by Gasteiger charge is 2.04. The molecule has 0 unspecified atom stereocenters. The maximum absolute atomic E-state index is 9.22. The van der Waals surface area contributed by atoms with Gasteiger partial charge in [0.05, 0.1) is 11.9 Å². The van der Waals surface area contributed by atoms with Gasteiger partial charge in [-0.05, 0) is 29.8 Å². The number of phenols is 1. The first-order chi connectivity index (χ1) is 8.70. The number of nitrogens with two attached hydrogens (primary N) is 1. The Morgan fingerprint density at radius 1 is 1.11 bits per heavy atom. The van der Waals surface area contributed by atoms with E-state index in [9.17, 15) is 5.11 Å². The average molecular weight is 240 g/mol. The lowest BCUT2D eigenvalue weighted by molar-refractivity contribution is 0.475. The van der Waals surface area contributed by atoms with Crippen LogP contribution in [0.15, 0.2) is 42.6 Å². The molecular formula is C13H12N4O. The predicted octanol–water partition coefficient (Wildman–Crippen LogP) is 1.61. The van der Waals surface area contributed by atoms with Gasteiger partial charge in [-0.25, -0.2) is 9.50 Å². The van der Waals surface area contributed by atoms with Crippen LogP contribution in [0.5, 0.6) is 5.75 Å². The van der Waals surface area contributed by atoms with E-state index in [2.05, 4.69) is 10.1 Å². The molecule has 1 aromatic carbocycles. The normalized spacial score (nSPS) is 10.9. The van der Waals surface area contributed by atoms with Crippen LogP contribution in [0.25, 0.3) is 5.65 Å². The molecule has 90 valence electrons. The van der Waals surface area contributed by atoms with Crippen LogP contribution in [-0.4, -0.2) is 19.7 Å². The third-order valence-corrected chi connectivity index (χ3v) is 2.70. The summed E-state index contributed by atoms with van der Waals surface area (Å²) in [5.41, 5.74) is 8.17. The number of nitrogen functional groups attached to an aromatic ring is 1. The Hall–Kier alpha value is -2.56. The summed E-state index contributed by atoms with van der Waals surface area (Å²) in [6.07, 6.45) is 2.37. The lowest BCUT2D eigenvalue weighted by atomic mass is 10.1. The van der Waals surface area contributed by atoms with Crippen LogP contribution in [-0.2, 0) is 6.42 Å². The van der Waals surface area contributed by atoms with Crippen molar-refractivity contribution in [1.82, 2.24) is 14.6 Å². The Balaban J connectivity index is 1.92. The van der Waals surface area contributed by atoms with E-state index in [0.717, 1.165) is 17.0 Å². The largest absolute Gasteiger partial charge is 0.508 e. The van der Waals surface area contributed by atoms with Crippen molar-refractivity contribution in [2.24, 2.45) is 0 Å². The summed E-state index contributed by atoms with van der Waals surface area (Å²) in [7, 11) is 0. The molecule has 5 nitrogen and oxygen atoms in total. The van der Waals surface area contributed by atoms with E-state index < -0.39 is 0 Å². The van der Waals surface area contributed by atoms with Gasteiger partial charge in [-0.2, -0.15) is 5.10 Å². The first-order valence-corrected chi connectivity index (χ1v) is 5.59. The summed E-state index contributed by atoms with van der Waals surface area (Å²) < 4.78 is 1.67. The molecule has 0 spiro atoms. The third kappa shape index (κ3) is 1.98. The molecule has 3 N–H and O–H groups in total. The van der Waals surface area contributed by atoms with Gasteiger partial charge in [0.15, 0.2) is 11.5 Å². The molecule has 0 saturated heterocycles. The number of anilines is 1. The number of aromatic nitrogens is 3. The summed E-state index contributed by atoms with van der Waals surface area (Å²) in [5.74, 6) is 0.987. The molecule has 18 heavy (non-hydrogen) atoms. The molecule has 0 amide bonds. The highest BCUT2D eigenvalue weighted by molar-refractivity contribution is 5.46. The summed E-state index contributed by atoms with van der Waals surface area (Å²) in [6.45, 7) is 0. The topological polar surface area (TPSA) is 76.4 Å². The first kappa shape index (κ1) is 10.6. The van der Waals surface area contributed by atoms with E-state index in [0.29, 0.717) is 12.1 Å². The minimum absolute atomic E-state index is 0.259. The van der Waals surface area contributed by atoms with E-state index in [1.807, 2.05) is 18.2 Å². The van der Waals surface area contributed by atoms with Gasteiger partial charge in [-0.3, -0.25) is 0 Å². The molecule has 5 heteroatoms.